The highest BCUT2D eigenvalue weighted by Crippen LogP contribution is 2.10. The largest absolute Gasteiger partial charge is 0.466 e. The van der Waals surface area contributed by atoms with E-state index in [1.165, 1.54) is 38.0 Å². The third kappa shape index (κ3) is 5.34. The third-order valence-corrected chi connectivity index (χ3v) is 2.66. The lowest BCUT2D eigenvalue weighted by atomic mass is 10.1. The smallest absolute Gasteiger partial charge is 0.330 e. The Labute approximate surface area is 103 Å². The number of esters is 1. The molecule has 0 unspecified atom stereocenters. The molecule has 2 nitrogen and oxygen atoms in total. The van der Waals surface area contributed by atoms with Crippen molar-refractivity contribution in [3.8, 4) is 0 Å². The van der Waals surface area contributed by atoms with Gasteiger partial charge in [0.1, 0.15) is 0 Å². The van der Waals surface area contributed by atoms with Gasteiger partial charge in [0.25, 0.3) is 0 Å². The van der Waals surface area contributed by atoms with Crippen LogP contribution in [0.25, 0.3) is 6.08 Å². The summed E-state index contributed by atoms with van der Waals surface area (Å²) >= 11 is 0. The highest BCUT2D eigenvalue weighted by atomic mass is 16.5. The Bertz CT molecular complexity index is 363. The van der Waals surface area contributed by atoms with E-state index in [9.17, 15) is 4.79 Å². The van der Waals surface area contributed by atoms with Crippen LogP contribution < -0.4 is 0 Å². The van der Waals surface area contributed by atoms with E-state index in [2.05, 4.69) is 23.8 Å². The summed E-state index contributed by atoms with van der Waals surface area (Å²) in [5, 5.41) is 0. The molecule has 0 N–H and O–H groups in total. The molecule has 0 aliphatic carbocycles. The molecule has 92 valence electrons. The van der Waals surface area contributed by atoms with Crippen molar-refractivity contribution in [2.24, 2.45) is 0 Å². The molecule has 0 radical (unpaired) electrons. The number of benzene rings is 1. The normalized spacial score (nSPS) is 10.7. The monoisotopic (exact) mass is 232 g/mol. The van der Waals surface area contributed by atoms with Crippen LogP contribution in [-0.2, 0) is 16.0 Å². The summed E-state index contributed by atoms with van der Waals surface area (Å²) in [5.41, 5.74) is 2.38. The molecule has 0 heterocycles. The maximum Gasteiger partial charge on any atom is 0.330 e. The van der Waals surface area contributed by atoms with Gasteiger partial charge in [0.05, 0.1) is 7.11 Å². The van der Waals surface area contributed by atoms with Crippen molar-refractivity contribution < 1.29 is 9.53 Å². The van der Waals surface area contributed by atoms with E-state index >= 15 is 0 Å². The van der Waals surface area contributed by atoms with Gasteiger partial charge in [-0.25, -0.2) is 4.79 Å². The molecule has 1 aromatic rings. The van der Waals surface area contributed by atoms with Gasteiger partial charge in [0, 0.05) is 6.08 Å². The second-order valence-corrected chi connectivity index (χ2v) is 4.06. The summed E-state index contributed by atoms with van der Waals surface area (Å²) in [5.74, 6) is -0.322. The maximum absolute atomic E-state index is 10.9. The van der Waals surface area contributed by atoms with Gasteiger partial charge >= 0.3 is 5.97 Å². The van der Waals surface area contributed by atoms with Crippen LogP contribution in [-0.4, -0.2) is 13.1 Å². The Morgan fingerprint density at radius 3 is 2.53 bits per heavy atom. The van der Waals surface area contributed by atoms with E-state index in [-0.39, 0.29) is 5.97 Å². The number of ether oxygens (including phenoxy) is 1. The van der Waals surface area contributed by atoms with E-state index in [1.807, 2.05) is 12.1 Å². The molecule has 0 spiro atoms. The molecule has 0 fully saturated rings. The van der Waals surface area contributed by atoms with Gasteiger partial charge in [-0.3, -0.25) is 0 Å². The molecule has 0 saturated heterocycles. The Morgan fingerprint density at radius 1 is 1.24 bits per heavy atom. The van der Waals surface area contributed by atoms with E-state index in [0.717, 1.165) is 12.0 Å². The van der Waals surface area contributed by atoms with Crippen LogP contribution in [0, 0.1) is 0 Å². The van der Waals surface area contributed by atoms with Crippen molar-refractivity contribution >= 4 is 12.0 Å². The van der Waals surface area contributed by atoms with Gasteiger partial charge < -0.3 is 4.74 Å². The molecular weight excluding hydrogens is 212 g/mol. The summed E-state index contributed by atoms with van der Waals surface area (Å²) in [7, 11) is 1.38. The third-order valence-electron chi connectivity index (χ3n) is 2.66. The number of carbonyl (C=O) groups excluding carboxylic acids is 1. The SMILES string of the molecule is CCCCCc1ccc(/C=C/C(=O)OC)cc1. The molecule has 2 heteroatoms. The number of rotatable bonds is 6. The molecule has 0 aliphatic rings. The van der Waals surface area contributed by atoms with Crippen molar-refractivity contribution in [3.63, 3.8) is 0 Å². The zero-order valence-electron chi connectivity index (χ0n) is 10.6. The summed E-state index contributed by atoms with van der Waals surface area (Å²) in [6, 6.07) is 8.29. The lowest BCUT2D eigenvalue weighted by Gasteiger charge is -2.01. The summed E-state index contributed by atoms with van der Waals surface area (Å²) in [6.45, 7) is 2.21. The highest BCUT2D eigenvalue weighted by Gasteiger charge is 1.94. The number of aryl methyl sites for hydroxylation is 1. The topological polar surface area (TPSA) is 26.3 Å². The minimum Gasteiger partial charge on any atom is -0.466 e. The zero-order chi connectivity index (χ0) is 12.5. The standard InChI is InChI=1S/C15H20O2/c1-3-4-5-6-13-7-9-14(10-8-13)11-12-15(16)17-2/h7-12H,3-6H2,1-2H3/b12-11+. The van der Waals surface area contributed by atoms with Crippen molar-refractivity contribution in [2.75, 3.05) is 7.11 Å². The van der Waals surface area contributed by atoms with Crippen molar-refractivity contribution in [2.45, 2.75) is 32.6 Å². The van der Waals surface area contributed by atoms with Gasteiger partial charge in [0.2, 0.25) is 0 Å². The minimum atomic E-state index is -0.322. The first-order valence-corrected chi connectivity index (χ1v) is 6.11. The van der Waals surface area contributed by atoms with Crippen LogP contribution >= 0.6 is 0 Å². The summed E-state index contributed by atoms with van der Waals surface area (Å²) in [6.07, 6.45) is 8.11. The predicted octanol–water partition coefficient (Wildman–Crippen LogP) is 3.61. The van der Waals surface area contributed by atoms with Crippen LogP contribution in [0.15, 0.2) is 30.3 Å². The fourth-order valence-corrected chi connectivity index (χ4v) is 1.61. The lowest BCUT2D eigenvalue weighted by Crippen LogP contribution is -1.93. The van der Waals surface area contributed by atoms with Crippen LogP contribution in [0.5, 0.6) is 0 Å². The Morgan fingerprint density at radius 2 is 1.94 bits per heavy atom. The number of unbranched alkanes of at least 4 members (excludes halogenated alkanes) is 2. The molecule has 1 aromatic carbocycles. The van der Waals surface area contributed by atoms with Gasteiger partial charge in [-0.2, -0.15) is 0 Å². The summed E-state index contributed by atoms with van der Waals surface area (Å²) < 4.78 is 4.54. The molecule has 1 rings (SSSR count). The molecule has 17 heavy (non-hydrogen) atoms. The zero-order valence-corrected chi connectivity index (χ0v) is 10.6. The van der Waals surface area contributed by atoms with Crippen molar-refractivity contribution in [3.05, 3.63) is 41.5 Å². The molecule has 0 atom stereocenters. The Kier molecular flexibility index (Phi) is 6.08. The quantitative estimate of drug-likeness (QED) is 0.425. The van der Waals surface area contributed by atoms with Crippen molar-refractivity contribution in [1.29, 1.82) is 0 Å². The van der Waals surface area contributed by atoms with Gasteiger partial charge in [-0.15, -0.1) is 0 Å². The minimum absolute atomic E-state index is 0.322. The van der Waals surface area contributed by atoms with E-state index < -0.39 is 0 Å². The van der Waals surface area contributed by atoms with Crippen LogP contribution in [0.1, 0.15) is 37.3 Å². The second kappa shape index (κ2) is 7.66. The number of methoxy groups -OCH3 is 1. The van der Waals surface area contributed by atoms with Crippen LogP contribution in [0.4, 0.5) is 0 Å². The van der Waals surface area contributed by atoms with Crippen LogP contribution in [0.2, 0.25) is 0 Å². The van der Waals surface area contributed by atoms with E-state index in [0.29, 0.717) is 0 Å². The number of hydrogen-bond acceptors (Lipinski definition) is 2. The molecule has 0 saturated carbocycles. The fourth-order valence-electron chi connectivity index (χ4n) is 1.61. The first kappa shape index (κ1) is 13.5. The predicted molar refractivity (Wildman–Crippen MR) is 70.7 cm³/mol. The van der Waals surface area contributed by atoms with Crippen LogP contribution in [0.3, 0.4) is 0 Å². The Hall–Kier alpha value is -1.57. The fraction of sp³-hybridized carbons (Fsp3) is 0.400. The summed E-state index contributed by atoms with van der Waals surface area (Å²) in [4.78, 5) is 10.9. The van der Waals surface area contributed by atoms with E-state index in [4.69, 9.17) is 0 Å². The first-order chi connectivity index (χ1) is 8.26. The molecule has 0 aliphatic heterocycles. The molecular formula is C15H20O2. The molecule has 0 aromatic heterocycles. The number of hydrogen-bond donors (Lipinski definition) is 0. The van der Waals surface area contributed by atoms with E-state index in [1.54, 1.807) is 6.08 Å². The maximum atomic E-state index is 10.9. The van der Waals surface area contributed by atoms with Gasteiger partial charge in [-0.1, -0.05) is 44.0 Å². The molecule has 0 bridgehead atoms. The van der Waals surface area contributed by atoms with Gasteiger partial charge in [0.15, 0.2) is 0 Å². The average Bonchev–Trinajstić information content (AvgIpc) is 2.37. The Balaban J connectivity index is 2.50. The lowest BCUT2D eigenvalue weighted by molar-refractivity contribution is -0.134. The second-order valence-electron chi connectivity index (χ2n) is 4.06. The average molecular weight is 232 g/mol. The highest BCUT2D eigenvalue weighted by molar-refractivity contribution is 5.86. The number of carbonyl (C=O) groups is 1. The molecule has 0 amide bonds. The van der Waals surface area contributed by atoms with Gasteiger partial charge in [-0.05, 0) is 30.0 Å². The van der Waals surface area contributed by atoms with Crippen molar-refractivity contribution in [1.82, 2.24) is 0 Å². The first-order valence-electron chi connectivity index (χ1n) is 6.11.